The molecule has 7 heteroatoms. The average Bonchev–Trinajstić information content (AvgIpc) is 2.24. The number of urea groups is 1. The number of hydrogen-bond donors (Lipinski definition) is 3. The number of carbonyl (C=O) groups excluding carboxylic acids is 2. The van der Waals surface area contributed by atoms with Crippen molar-refractivity contribution in [1.82, 2.24) is 15.5 Å². The minimum atomic E-state index is -1.08. The summed E-state index contributed by atoms with van der Waals surface area (Å²) in [6, 6.07) is -0.544. The Kier molecular flexibility index (Phi) is 7.50. The van der Waals surface area contributed by atoms with E-state index in [9.17, 15) is 14.4 Å². The second-order valence-electron chi connectivity index (χ2n) is 4.28. The highest BCUT2D eigenvalue weighted by Crippen LogP contribution is 1.99. The van der Waals surface area contributed by atoms with Gasteiger partial charge in [-0.05, 0) is 12.8 Å². The Morgan fingerprint density at radius 3 is 2.28 bits per heavy atom. The summed E-state index contributed by atoms with van der Waals surface area (Å²) in [5.74, 6) is -1.23. The molecule has 7 nitrogen and oxygen atoms in total. The first kappa shape index (κ1) is 16.2. The van der Waals surface area contributed by atoms with Gasteiger partial charge in [-0.15, -0.1) is 0 Å². The van der Waals surface area contributed by atoms with E-state index in [0.717, 1.165) is 0 Å². The molecule has 0 aliphatic carbocycles. The summed E-state index contributed by atoms with van der Waals surface area (Å²) in [5.41, 5.74) is 0. The third-order valence-electron chi connectivity index (χ3n) is 1.97. The first-order valence-corrected chi connectivity index (χ1v) is 5.88. The smallest absolute Gasteiger partial charge is 0.323 e. The molecule has 3 N–H and O–H groups in total. The molecule has 0 fully saturated rings. The monoisotopic (exact) mass is 259 g/mol. The summed E-state index contributed by atoms with van der Waals surface area (Å²) < 4.78 is 0. The number of nitrogens with one attached hydrogen (secondary N) is 2. The summed E-state index contributed by atoms with van der Waals surface area (Å²) in [7, 11) is 0. The number of nitrogens with zero attached hydrogens (tertiary/aromatic N) is 1. The summed E-state index contributed by atoms with van der Waals surface area (Å²) in [6.45, 7) is 5.82. The summed E-state index contributed by atoms with van der Waals surface area (Å²) in [4.78, 5) is 34.7. The molecule has 0 heterocycles. The maximum absolute atomic E-state index is 11.7. The maximum Gasteiger partial charge on any atom is 0.323 e. The zero-order valence-electron chi connectivity index (χ0n) is 11.0. The zero-order chi connectivity index (χ0) is 14.1. The number of carboxylic acid groups (broad SMARTS) is 1. The van der Waals surface area contributed by atoms with E-state index in [-0.39, 0.29) is 24.9 Å². The van der Waals surface area contributed by atoms with Crippen LogP contribution in [0, 0.1) is 5.92 Å². The van der Waals surface area contributed by atoms with Gasteiger partial charge in [-0.3, -0.25) is 9.59 Å². The van der Waals surface area contributed by atoms with Crippen molar-refractivity contribution in [2.24, 2.45) is 5.92 Å². The van der Waals surface area contributed by atoms with Crippen LogP contribution in [0.5, 0.6) is 0 Å². The minimum absolute atomic E-state index is 0.152. The molecule has 0 saturated carbocycles. The van der Waals surface area contributed by atoms with Crippen LogP contribution < -0.4 is 10.6 Å². The van der Waals surface area contributed by atoms with Crippen molar-refractivity contribution in [1.29, 1.82) is 0 Å². The fourth-order valence-electron chi connectivity index (χ4n) is 1.35. The molecule has 0 atom stereocenters. The summed E-state index contributed by atoms with van der Waals surface area (Å²) >= 11 is 0. The molecular weight excluding hydrogens is 238 g/mol. The van der Waals surface area contributed by atoms with Crippen LogP contribution in [0.1, 0.15) is 20.8 Å². The molecule has 0 bridgehead atoms. The van der Waals surface area contributed by atoms with E-state index in [2.05, 4.69) is 10.6 Å². The van der Waals surface area contributed by atoms with Gasteiger partial charge in [0.2, 0.25) is 5.91 Å². The number of carboxylic acids is 1. The third-order valence-corrected chi connectivity index (χ3v) is 1.97. The number of amides is 3. The molecular formula is C11H21N3O4. The summed E-state index contributed by atoms with van der Waals surface area (Å²) in [5, 5.41) is 13.6. The first-order chi connectivity index (χ1) is 8.36. The van der Waals surface area contributed by atoms with Crippen LogP contribution in [-0.4, -0.2) is 54.1 Å². The van der Waals surface area contributed by atoms with Gasteiger partial charge >= 0.3 is 12.0 Å². The van der Waals surface area contributed by atoms with E-state index in [0.29, 0.717) is 13.1 Å². The maximum atomic E-state index is 11.7. The van der Waals surface area contributed by atoms with Crippen molar-refractivity contribution < 1.29 is 19.5 Å². The lowest BCUT2D eigenvalue weighted by Crippen LogP contribution is -2.47. The quantitative estimate of drug-likeness (QED) is 0.593. The van der Waals surface area contributed by atoms with E-state index < -0.39 is 12.0 Å². The predicted molar refractivity (Wildman–Crippen MR) is 66.1 cm³/mol. The molecule has 0 aliphatic heterocycles. The highest BCUT2D eigenvalue weighted by Gasteiger charge is 2.18. The zero-order valence-corrected chi connectivity index (χ0v) is 11.0. The highest BCUT2D eigenvalue weighted by molar-refractivity contribution is 5.85. The van der Waals surface area contributed by atoms with Gasteiger partial charge in [0, 0.05) is 13.1 Å². The normalized spacial score (nSPS) is 10.0. The van der Waals surface area contributed by atoms with Crippen LogP contribution in [-0.2, 0) is 9.59 Å². The Morgan fingerprint density at radius 1 is 1.22 bits per heavy atom. The van der Waals surface area contributed by atoms with Crippen LogP contribution in [0.2, 0.25) is 0 Å². The molecule has 0 aromatic heterocycles. The highest BCUT2D eigenvalue weighted by atomic mass is 16.4. The Hall–Kier alpha value is -1.79. The van der Waals surface area contributed by atoms with E-state index in [4.69, 9.17) is 5.11 Å². The lowest BCUT2D eigenvalue weighted by molar-refractivity contribution is -0.137. The van der Waals surface area contributed by atoms with Crippen molar-refractivity contribution in [2.75, 3.05) is 26.2 Å². The molecule has 0 unspecified atom stereocenters. The molecule has 18 heavy (non-hydrogen) atoms. The van der Waals surface area contributed by atoms with Gasteiger partial charge in [-0.1, -0.05) is 13.8 Å². The van der Waals surface area contributed by atoms with Crippen LogP contribution in [0.15, 0.2) is 0 Å². The van der Waals surface area contributed by atoms with Gasteiger partial charge in [0.1, 0.15) is 6.54 Å². The van der Waals surface area contributed by atoms with Crippen molar-refractivity contribution >= 4 is 17.9 Å². The van der Waals surface area contributed by atoms with Crippen LogP contribution in [0.25, 0.3) is 0 Å². The number of likely N-dealkylation sites (N-methyl/N-ethyl adjacent to an activating group) is 1. The SMILES string of the molecule is CCNC(=O)CNC(=O)N(CC(=O)O)CC(C)C. The molecule has 0 spiro atoms. The lowest BCUT2D eigenvalue weighted by Gasteiger charge is -2.22. The molecule has 0 saturated heterocycles. The molecule has 0 aromatic carbocycles. The molecule has 3 amide bonds. The number of hydrogen-bond acceptors (Lipinski definition) is 3. The average molecular weight is 259 g/mol. The Labute approximate surface area is 107 Å². The largest absolute Gasteiger partial charge is 0.480 e. The Balaban J connectivity index is 4.28. The van der Waals surface area contributed by atoms with Crippen molar-refractivity contribution in [3.05, 3.63) is 0 Å². The van der Waals surface area contributed by atoms with Crippen molar-refractivity contribution in [3.8, 4) is 0 Å². The third kappa shape index (κ3) is 7.48. The molecule has 0 aromatic rings. The van der Waals surface area contributed by atoms with Crippen LogP contribution in [0.4, 0.5) is 4.79 Å². The second kappa shape index (κ2) is 8.32. The van der Waals surface area contributed by atoms with Gasteiger partial charge < -0.3 is 20.6 Å². The van der Waals surface area contributed by atoms with Crippen LogP contribution in [0.3, 0.4) is 0 Å². The molecule has 104 valence electrons. The fraction of sp³-hybridized carbons (Fsp3) is 0.727. The van der Waals surface area contributed by atoms with Crippen molar-refractivity contribution in [3.63, 3.8) is 0 Å². The predicted octanol–water partition coefficient (Wildman–Crippen LogP) is -0.125. The van der Waals surface area contributed by atoms with E-state index in [1.54, 1.807) is 6.92 Å². The number of carbonyl (C=O) groups is 3. The number of rotatable bonds is 7. The van der Waals surface area contributed by atoms with Gasteiger partial charge in [0.25, 0.3) is 0 Å². The van der Waals surface area contributed by atoms with E-state index in [1.165, 1.54) is 4.90 Å². The minimum Gasteiger partial charge on any atom is -0.480 e. The number of aliphatic carboxylic acids is 1. The summed E-state index contributed by atoms with van der Waals surface area (Å²) in [6.07, 6.45) is 0. The Bertz CT molecular complexity index is 305. The van der Waals surface area contributed by atoms with Gasteiger partial charge in [0.15, 0.2) is 0 Å². The standard InChI is InChI=1S/C11H21N3O4/c1-4-12-9(15)5-13-11(18)14(6-8(2)3)7-10(16)17/h8H,4-7H2,1-3H3,(H,12,15)(H,13,18)(H,16,17). The molecule has 0 radical (unpaired) electrons. The lowest BCUT2D eigenvalue weighted by atomic mass is 10.2. The fourth-order valence-corrected chi connectivity index (χ4v) is 1.35. The topological polar surface area (TPSA) is 98.7 Å². The van der Waals surface area contributed by atoms with E-state index >= 15 is 0 Å². The van der Waals surface area contributed by atoms with Gasteiger partial charge in [-0.25, -0.2) is 4.79 Å². The molecule has 0 rings (SSSR count). The second-order valence-corrected chi connectivity index (χ2v) is 4.28. The first-order valence-electron chi connectivity index (χ1n) is 5.88. The van der Waals surface area contributed by atoms with Crippen LogP contribution >= 0.6 is 0 Å². The van der Waals surface area contributed by atoms with Gasteiger partial charge in [0.05, 0.1) is 6.54 Å². The van der Waals surface area contributed by atoms with E-state index in [1.807, 2.05) is 13.8 Å². The Morgan fingerprint density at radius 2 is 1.83 bits per heavy atom. The van der Waals surface area contributed by atoms with Gasteiger partial charge in [-0.2, -0.15) is 0 Å². The van der Waals surface area contributed by atoms with Crippen molar-refractivity contribution in [2.45, 2.75) is 20.8 Å². The molecule has 0 aliphatic rings.